The lowest BCUT2D eigenvalue weighted by molar-refractivity contribution is -0.133. The van der Waals surface area contributed by atoms with Crippen molar-refractivity contribution in [1.82, 2.24) is 19.7 Å². The van der Waals surface area contributed by atoms with Crippen molar-refractivity contribution < 1.29 is 9.59 Å². The highest BCUT2D eigenvalue weighted by atomic mass is 16.2. The number of piperidine rings is 1. The van der Waals surface area contributed by atoms with Crippen LogP contribution in [0.2, 0.25) is 0 Å². The maximum absolute atomic E-state index is 12.7. The van der Waals surface area contributed by atoms with Gasteiger partial charge in [-0.05, 0) is 54.8 Å². The minimum Gasteiger partial charge on any atom is -0.361 e. The number of nitrogens with two attached hydrogens (primary N) is 1. The SMILES string of the molecule is Cc1cc(CCC(=O)N2CCN(C3CCN(C(N)=O)CC3)CC2)cc2cc[nH]c12. The molecule has 2 fully saturated rings. The molecular weight excluding hydrogens is 366 g/mol. The molecule has 7 heteroatoms. The Morgan fingerprint density at radius 2 is 1.79 bits per heavy atom. The van der Waals surface area contributed by atoms with Crippen molar-refractivity contribution >= 4 is 22.8 Å². The van der Waals surface area contributed by atoms with Crippen molar-refractivity contribution in [3.05, 3.63) is 35.5 Å². The van der Waals surface area contributed by atoms with Crippen LogP contribution in [0.4, 0.5) is 4.79 Å². The second kappa shape index (κ2) is 8.45. The standard InChI is InChI=1S/C22H31N5O2/c1-16-14-17(15-18-4-7-24-21(16)18)2-3-20(28)26-12-10-25(11-13-26)19-5-8-27(9-6-19)22(23)29/h4,7,14-15,19,24H,2-3,5-6,8-13H2,1H3,(H2,23,29). The van der Waals surface area contributed by atoms with E-state index in [4.69, 9.17) is 5.73 Å². The summed E-state index contributed by atoms with van der Waals surface area (Å²) in [6.07, 6.45) is 5.25. The predicted octanol–water partition coefficient (Wildman–Crippen LogP) is 2.10. The molecule has 0 spiro atoms. The molecule has 1 aromatic carbocycles. The van der Waals surface area contributed by atoms with E-state index in [1.54, 1.807) is 4.90 Å². The third-order valence-electron chi connectivity index (χ3n) is 6.50. The third kappa shape index (κ3) is 4.40. The molecule has 4 rings (SSSR count). The summed E-state index contributed by atoms with van der Waals surface area (Å²) in [7, 11) is 0. The lowest BCUT2D eigenvalue weighted by Gasteiger charge is -2.42. The van der Waals surface area contributed by atoms with E-state index in [1.165, 1.54) is 22.0 Å². The summed E-state index contributed by atoms with van der Waals surface area (Å²) in [5.41, 5.74) is 9.00. The van der Waals surface area contributed by atoms with Gasteiger partial charge >= 0.3 is 6.03 Å². The Bertz CT molecular complexity index is 876. The number of aromatic nitrogens is 1. The molecule has 0 saturated carbocycles. The van der Waals surface area contributed by atoms with Crippen molar-refractivity contribution in [2.45, 2.75) is 38.6 Å². The van der Waals surface area contributed by atoms with Gasteiger partial charge in [0.25, 0.3) is 0 Å². The number of aromatic amines is 1. The van der Waals surface area contributed by atoms with Gasteiger partial charge in [-0.25, -0.2) is 4.79 Å². The van der Waals surface area contributed by atoms with Crippen LogP contribution in [0.3, 0.4) is 0 Å². The zero-order valence-electron chi connectivity index (χ0n) is 17.2. The van der Waals surface area contributed by atoms with Gasteiger partial charge < -0.3 is 20.5 Å². The average molecular weight is 398 g/mol. The van der Waals surface area contributed by atoms with Crippen LogP contribution >= 0.6 is 0 Å². The van der Waals surface area contributed by atoms with Gasteiger partial charge in [-0.1, -0.05) is 6.07 Å². The zero-order chi connectivity index (χ0) is 20.4. The molecule has 2 aromatic rings. The van der Waals surface area contributed by atoms with Gasteiger partial charge in [0.1, 0.15) is 0 Å². The van der Waals surface area contributed by atoms with Crippen molar-refractivity contribution in [1.29, 1.82) is 0 Å². The molecular formula is C22H31N5O2. The number of carbonyl (C=O) groups excluding carboxylic acids is 2. The smallest absolute Gasteiger partial charge is 0.314 e. The summed E-state index contributed by atoms with van der Waals surface area (Å²) in [5, 5.41) is 1.21. The first-order valence-corrected chi connectivity index (χ1v) is 10.6. The second-order valence-electron chi connectivity index (χ2n) is 8.33. The van der Waals surface area contributed by atoms with Gasteiger partial charge in [-0.3, -0.25) is 9.69 Å². The Morgan fingerprint density at radius 1 is 1.07 bits per heavy atom. The number of likely N-dealkylation sites (tertiary alicyclic amines) is 1. The molecule has 0 unspecified atom stereocenters. The second-order valence-corrected chi connectivity index (χ2v) is 8.33. The van der Waals surface area contributed by atoms with E-state index in [1.807, 2.05) is 11.1 Å². The van der Waals surface area contributed by atoms with Crippen LogP contribution in [0.1, 0.15) is 30.4 Å². The largest absolute Gasteiger partial charge is 0.361 e. The molecule has 3 heterocycles. The van der Waals surface area contributed by atoms with Crippen LogP contribution in [0.5, 0.6) is 0 Å². The Morgan fingerprint density at radius 3 is 2.48 bits per heavy atom. The minimum absolute atomic E-state index is 0.250. The Labute approximate surface area is 171 Å². The number of benzene rings is 1. The summed E-state index contributed by atoms with van der Waals surface area (Å²) in [6, 6.07) is 6.63. The normalized spacial score (nSPS) is 19.1. The van der Waals surface area contributed by atoms with E-state index < -0.39 is 0 Å². The van der Waals surface area contributed by atoms with Crippen LogP contribution < -0.4 is 5.73 Å². The number of carbonyl (C=O) groups is 2. The highest BCUT2D eigenvalue weighted by Gasteiger charge is 2.29. The molecule has 29 heavy (non-hydrogen) atoms. The summed E-state index contributed by atoms with van der Waals surface area (Å²) in [6.45, 7) is 7.02. The molecule has 0 radical (unpaired) electrons. The minimum atomic E-state index is -0.315. The van der Waals surface area contributed by atoms with E-state index in [2.05, 4.69) is 35.0 Å². The van der Waals surface area contributed by atoms with Gasteiger partial charge in [0.15, 0.2) is 0 Å². The number of primary amides is 1. The molecule has 2 aliphatic heterocycles. The van der Waals surface area contributed by atoms with Crippen LogP contribution in [-0.2, 0) is 11.2 Å². The first-order chi connectivity index (χ1) is 14.0. The molecule has 0 atom stereocenters. The van der Waals surface area contributed by atoms with E-state index in [9.17, 15) is 9.59 Å². The molecule has 3 N–H and O–H groups in total. The fourth-order valence-electron chi connectivity index (χ4n) is 4.78. The Hall–Kier alpha value is -2.54. The van der Waals surface area contributed by atoms with E-state index in [-0.39, 0.29) is 11.9 Å². The van der Waals surface area contributed by atoms with Crippen molar-refractivity contribution in [3.63, 3.8) is 0 Å². The van der Waals surface area contributed by atoms with Gasteiger partial charge in [0.2, 0.25) is 5.91 Å². The highest BCUT2D eigenvalue weighted by molar-refractivity contribution is 5.83. The molecule has 3 amide bonds. The highest BCUT2D eigenvalue weighted by Crippen LogP contribution is 2.21. The molecule has 2 saturated heterocycles. The quantitative estimate of drug-likeness (QED) is 0.828. The Balaban J connectivity index is 1.24. The van der Waals surface area contributed by atoms with Gasteiger partial charge in [0, 0.05) is 63.4 Å². The van der Waals surface area contributed by atoms with Crippen molar-refractivity contribution in [2.24, 2.45) is 5.73 Å². The van der Waals surface area contributed by atoms with Crippen LogP contribution in [0.25, 0.3) is 10.9 Å². The lowest BCUT2D eigenvalue weighted by Crippen LogP contribution is -2.55. The van der Waals surface area contributed by atoms with E-state index in [0.717, 1.165) is 58.5 Å². The molecule has 0 bridgehead atoms. The van der Waals surface area contributed by atoms with Gasteiger partial charge in [-0.15, -0.1) is 0 Å². The number of nitrogens with one attached hydrogen (secondary N) is 1. The Kier molecular flexibility index (Phi) is 5.76. The number of rotatable bonds is 4. The number of piperazine rings is 1. The van der Waals surface area contributed by atoms with E-state index in [0.29, 0.717) is 12.5 Å². The fraction of sp³-hybridized carbons (Fsp3) is 0.545. The monoisotopic (exact) mass is 397 g/mol. The molecule has 7 nitrogen and oxygen atoms in total. The first-order valence-electron chi connectivity index (χ1n) is 10.6. The molecule has 156 valence electrons. The van der Waals surface area contributed by atoms with Crippen LogP contribution in [-0.4, -0.2) is 76.9 Å². The number of hydrogen-bond donors (Lipinski definition) is 2. The number of fused-ring (bicyclic) bond motifs is 1. The maximum Gasteiger partial charge on any atom is 0.314 e. The van der Waals surface area contributed by atoms with Crippen molar-refractivity contribution in [2.75, 3.05) is 39.3 Å². The number of hydrogen-bond acceptors (Lipinski definition) is 3. The summed E-state index contributed by atoms with van der Waals surface area (Å²) < 4.78 is 0. The summed E-state index contributed by atoms with van der Waals surface area (Å²) in [5.74, 6) is 0.250. The zero-order valence-corrected chi connectivity index (χ0v) is 17.2. The third-order valence-corrected chi connectivity index (χ3v) is 6.50. The summed E-state index contributed by atoms with van der Waals surface area (Å²) in [4.78, 5) is 33.5. The van der Waals surface area contributed by atoms with Crippen LogP contribution in [0, 0.1) is 6.92 Å². The van der Waals surface area contributed by atoms with Gasteiger partial charge in [0.05, 0.1) is 0 Å². The van der Waals surface area contributed by atoms with Crippen molar-refractivity contribution in [3.8, 4) is 0 Å². The topological polar surface area (TPSA) is 85.7 Å². The number of H-pyrrole nitrogens is 1. The number of urea groups is 1. The molecule has 2 aliphatic rings. The lowest BCUT2D eigenvalue weighted by atomic mass is 10.0. The number of aryl methyl sites for hydroxylation is 2. The fourth-order valence-corrected chi connectivity index (χ4v) is 4.78. The van der Waals surface area contributed by atoms with E-state index >= 15 is 0 Å². The molecule has 1 aromatic heterocycles. The first kappa shape index (κ1) is 19.8. The average Bonchev–Trinajstić information content (AvgIpc) is 3.21. The maximum atomic E-state index is 12.7. The van der Waals surface area contributed by atoms with Crippen LogP contribution in [0.15, 0.2) is 24.4 Å². The summed E-state index contributed by atoms with van der Waals surface area (Å²) >= 11 is 0. The number of amides is 3. The van der Waals surface area contributed by atoms with Gasteiger partial charge in [-0.2, -0.15) is 0 Å². The molecule has 0 aliphatic carbocycles. The predicted molar refractivity (Wildman–Crippen MR) is 114 cm³/mol. The number of nitrogens with zero attached hydrogens (tertiary/aromatic N) is 3.